The van der Waals surface area contributed by atoms with Crippen LogP contribution in [0.25, 0.3) is 0 Å². The number of ketones is 1. The minimum atomic E-state index is -0.175. The molecule has 0 bridgehead atoms. The molecule has 2 rings (SSSR count). The molecule has 1 amide bonds. The van der Waals surface area contributed by atoms with Crippen molar-refractivity contribution in [1.29, 1.82) is 0 Å². The lowest BCUT2D eigenvalue weighted by molar-refractivity contribution is -0.116. The van der Waals surface area contributed by atoms with Crippen LogP contribution in [0.5, 0.6) is 0 Å². The van der Waals surface area contributed by atoms with Crippen LogP contribution < -0.4 is 0 Å². The van der Waals surface area contributed by atoms with Crippen LogP contribution in [0.3, 0.4) is 0 Å². The van der Waals surface area contributed by atoms with Crippen LogP contribution in [-0.4, -0.2) is 48.1 Å². The second kappa shape index (κ2) is 9.25. The van der Waals surface area contributed by atoms with E-state index >= 15 is 0 Å². The number of benzene rings is 1. The van der Waals surface area contributed by atoms with Crippen LogP contribution in [0.4, 0.5) is 0 Å². The summed E-state index contributed by atoms with van der Waals surface area (Å²) in [5.41, 5.74) is 5.24. The van der Waals surface area contributed by atoms with Crippen LogP contribution in [0.1, 0.15) is 71.6 Å². The van der Waals surface area contributed by atoms with Gasteiger partial charge in [-0.15, -0.1) is 0 Å². The van der Waals surface area contributed by atoms with Gasteiger partial charge in [-0.1, -0.05) is 18.1 Å². The number of nitrogens with zero attached hydrogens (tertiary/aromatic N) is 2. The van der Waals surface area contributed by atoms with Crippen molar-refractivity contribution < 1.29 is 19.5 Å². The first-order chi connectivity index (χ1) is 13.6. The van der Waals surface area contributed by atoms with Crippen molar-refractivity contribution in [3.05, 3.63) is 45.2 Å². The number of Topliss-reactive ketones (excluding diaryl/α,β-unsaturated/α-hetero) is 1. The molecule has 0 radical (unpaired) electrons. The second-order valence-electron chi connectivity index (χ2n) is 7.78. The Morgan fingerprint density at radius 1 is 1.21 bits per heavy atom. The van der Waals surface area contributed by atoms with Gasteiger partial charge in [-0.3, -0.25) is 9.59 Å². The van der Waals surface area contributed by atoms with Crippen molar-refractivity contribution in [2.24, 2.45) is 5.16 Å². The van der Waals surface area contributed by atoms with E-state index in [9.17, 15) is 14.7 Å². The fourth-order valence-corrected chi connectivity index (χ4v) is 4.24. The maximum absolute atomic E-state index is 12.9. The Balaban J connectivity index is 2.52. The minimum absolute atomic E-state index is 0.0476. The fraction of sp³-hybridized carbons (Fsp3) is 0.522. The lowest BCUT2D eigenvalue weighted by atomic mass is 9.76. The van der Waals surface area contributed by atoms with Gasteiger partial charge in [0.2, 0.25) is 0 Å². The molecule has 6 nitrogen and oxygen atoms in total. The van der Waals surface area contributed by atoms with E-state index in [1.807, 2.05) is 40.7 Å². The Morgan fingerprint density at radius 3 is 2.38 bits per heavy atom. The van der Waals surface area contributed by atoms with Gasteiger partial charge < -0.3 is 14.8 Å². The van der Waals surface area contributed by atoms with Gasteiger partial charge in [0, 0.05) is 32.5 Å². The quantitative estimate of drug-likeness (QED) is 0.568. The third-order valence-corrected chi connectivity index (χ3v) is 5.43. The summed E-state index contributed by atoms with van der Waals surface area (Å²) in [6, 6.07) is 1.99. The van der Waals surface area contributed by atoms with Gasteiger partial charge in [0.15, 0.2) is 5.78 Å². The number of allylic oxidation sites excluding steroid dienone is 2. The van der Waals surface area contributed by atoms with Gasteiger partial charge in [-0.2, -0.15) is 0 Å². The zero-order chi connectivity index (χ0) is 21.9. The predicted molar refractivity (Wildman–Crippen MR) is 115 cm³/mol. The van der Waals surface area contributed by atoms with Crippen molar-refractivity contribution in [2.45, 2.75) is 59.8 Å². The number of amides is 1. The Morgan fingerprint density at radius 2 is 1.86 bits per heavy atom. The van der Waals surface area contributed by atoms with E-state index in [0.717, 1.165) is 22.3 Å². The number of rotatable bonds is 6. The number of carbonyl (C=O) groups excluding carboxylic acids is 2. The van der Waals surface area contributed by atoms with Crippen molar-refractivity contribution in [3.63, 3.8) is 0 Å². The van der Waals surface area contributed by atoms with E-state index in [-0.39, 0.29) is 35.4 Å². The number of hydrogen-bond donors (Lipinski definition) is 1. The number of oxime groups is 1. The summed E-state index contributed by atoms with van der Waals surface area (Å²) in [6.07, 6.45) is 1.11. The first-order valence-electron chi connectivity index (χ1n) is 10.1. The standard InChI is InChI=1S/C23H32N2O4/c1-8-17(24-29-9-2)22-18(26)11-16(12-19(22)27)20-13(3)10-14(4)21(15(20)5)23(28)25(6)7/h10,16,26H,8-9,11-12H2,1-7H3/b24-17-. The van der Waals surface area contributed by atoms with E-state index in [0.29, 0.717) is 30.7 Å². The van der Waals surface area contributed by atoms with E-state index in [1.165, 1.54) is 0 Å². The van der Waals surface area contributed by atoms with Crippen molar-refractivity contribution in [3.8, 4) is 0 Å². The molecule has 0 aromatic heterocycles. The largest absolute Gasteiger partial charge is 0.511 e. The average Bonchev–Trinajstić information content (AvgIpc) is 2.63. The molecular formula is C23H32N2O4. The molecule has 158 valence electrons. The molecule has 29 heavy (non-hydrogen) atoms. The molecule has 6 heteroatoms. The lowest BCUT2D eigenvalue weighted by Crippen LogP contribution is -2.27. The van der Waals surface area contributed by atoms with Crippen LogP contribution >= 0.6 is 0 Å². The van der Waals surface area contributed by atoms with Crippen LogP contribution in [0.15, 0.2) is 22.6 Å². The molecule has 1 aromatic carbocycles. The van der Waals surface area contributed by atoms with Crippen LogP contribution in [0.2, 0.25) is 0 Å². The number of carbonyl (C=O) groups is 2. The monoisotopic (exact) mass is 400 g/mol. The van der Waals surface area contributed by atoms with Crippen LogP contribution in [-0.2, 0) is 9.63 Å². The number of hydrogen-bond acceptors (Lipinski definition) is 5. The normalized spacial score (nSPS) is 17.6. The first kappa shape index (κ1) is 22.7. The highest BCUT2D eigenvalue weighted by Gasteiger charge is 2.33. The van der Waals surface area contributed by atoms with Gasteiger partial charge in [0.05, 0.1) is 11.3 Å². The summed E-state index contributed by atoms with van der Waals surface area (Å²) < 4.78 is 0. The maximum atomic E-state index is 12.9. The summed E-state index contributed by atoms with van der Waals surface area (Å²) in [5, 5.41) is 14.7. The molecule has 1 aliphatic rings. The van der Waals surface area contributed by atoms with Gasteiger partial charge in [0.1, 0.15) is 12.4 Å². The third kappa shape index (κ3) is 4.52. The Labute approximate surface area is 173 Å². The molecule has 1 aromatic rings. The van der Waals surface area contributed by atoms with E-state index in [2.05, 4.69) is 5.16 Å². The van der Waals surface area contributed by atoms with E-state index in [1.54, 1.807) is 19.0 Å². The van der Waals surface area contributed by atoms with Gasteiger partial charge >= 0.3 is 0 Å². The predicted octanol–water partition coefficient (Wildman–Crippen LogP) is 4.37. The molecule has 0 spiro atoms. The molecule has 0 aliphatic heterocycles. The summed E-state index contributed by atoms with van der Waals surface area (Å²) in [5.74, 6) is -0.322. The highest BCUT2D eigenvalue weighted by Crippen LogP contribution is 2.39. The molecule has 1 atom stereocenters. The maximum Gasteiger partial charge on any atom is 0.253 e. The zero-order valence-electron chi connectivity index (χ0n) is 18.5. The molecule has 1 N–H and O–H groups in total. The molecule has 1 aliphatic carbocycles. The molecule has 1 unspecified atom stereocenters. The van der Waals surface area contributed by atoms with Gasteiger partial charge in [-0.25, -0.2) is 0 Å². The molecular weight excluding hydrogens is 368 g/mol. The van der Waals surface area contributed by atoms with Crippen molar-refractivity contribution >= 4 is 17.4 Å². The minimum Gasteiger partial charge on any atom is -0.511 e. The topological polar surface area (TPSA) is 79.2 Å². The third-order valence-electron chi connectivity index (χ3n) is 5.43. The van der Waals surface area contributed by atoms with Crippen LogP contribution in [0, 0.1) is 20.8 Å². The summed E-state index contributed by atoms with van der Waals surface area (Å²) in [7, 11) is 3.46. The highest BCUT2D eigenvalue weighted by molar-refractivity contribution is 6.23. The van der Waals surface area contributed by atoms with Gasteiger partial charge in [-0.05, 0) is 62.3 Å². The van der Waals surface area contributed by atoms with E-state index < -0.39 is 0 Å². The molecule has 0 heterocycles. The lowest BCUT2D eigenvalue weighted by Gasteiger charge is -2.28. The van der Waals surface area contributed by atoms with Gasteiger partial charge in [0.25, 0.3) is 5.91 Å². The van der Waals surface area contributed by atoms with Crippen molar-refractivity contribution in [1.82, 2.24) is 4.90 Å². The summed E-state index contributed by atoms with van der Waals surface area (Å²) in [4.78, 5) is 32.3. The fourth-order valence-electron chi connectivity index (χ4n) is 4.24. The highest BCUT2D eigenvalue weighted by atomic mass is 16.6. The first-order valence-corrected chi connectivity index (χ1v) is 10.1. The summed E-state index contributed by atoms with van der Waals surface area (Å²) >= 11 is 0. The Hall–Kier alpha value is -2.63. The molecule has 0 saturated heterocycles. The number of aryl methyl sites for hydroxylation is 2. The average molecular weight is 401 g/mol. The number of aliphatic hydroxyl groups excluding tert-OH is 1. The Bertz CT molecular complexity index is 881. The number of aliphatic hydroxyl groups is 1. The van der Waals surface area contributed by atoms with E-state index in [4.69, 9.17) is 4.84 Å². The summed E-state index contributed by atoms with van der Waals surface area (Å²) in [6.45, 7) is 9.96. The molecule has 0 saturated carbocycles. The SMILES string of the molecule is CCO/N=C(/CC)C1=C(O)CC(c2c(C)cc(C)c(C(=O)N(C)C)c2C)CC1=O. The Kier molecular flexibility index (Phi) is 7.22. The van der Waals surface area contributed by atoms with Crippen molar-refractivity contribution in [2.75, 3.05) is 20.7 Å². The zero-order valence-corrected chi connectivity index (χ0v) is 18.5. The second-order valence-corrected chi connectivity index (χ2v) is 7.78. The smallest absolute Gasteiger partial charge is 0.253 e. The molecule has 0 fully saturated rings.